The molecule has 2 atom stereocenters. The lowest BCUT2D eigenvalue weighted by Gasteiger charge is -2.27. The maximum absolute atomic E-state index is 13.5. The number of ketones is 1. The number of amides is 2. The van der Waals surface area contributed by atoms with Gasteiger partial charge in [0, 0.05) is 6.54 Å². The van der Waals surface area contributed by atoms with Gasteiger partial charge in [0.25, 0.3) is 0 Å². The number of nitrogens with zero attached hydrogens (tertiary/aromatic N) is 1. The lowest BCUT2D eigenvalue weighted by atomic mass is 9.98. The van der Waals surface area contributed by atoms with Crippen molar-refractivity contribution in [3.63, 3.8) is 0 Å². The summed E-state index contributed by atoms with van der Waals surface area (Å²) in [4.78, 5) is 41.6. The second-order valence-corrected chi connectivity index (χ2v) is 11.6. The topological polar surface area (TPSA) is 87.7 Å². The molecule has 0 unspecified atom stereocenters. The standard InChI is InChI=1S/C32H45N3O4/c1-22(2)16-28(30(36)20-35-15-9-12-26-18-24(5)13-14-27(26)19-35)33-31(37)29(17-23(3)4)34-32(38)39-21-25-10-7-6-8-11-25/h6-8,10-11,13-14,18,22-23,28-29H,9,12,15-17,19-21H2,1-5H3,(H,33,37)(H,34,38)/t28-,29-/m0/s1. The largest absolute Gasteiger partial charge is 0.445 e. The van der Waals surface area contributed by atoms with Crippen LogP contribution < -0.4 is 10.6 Å². The van der Waals surface area contributed by atoms with Crippen molar-refractivity contribution in [2.45, 2.75) is 85.5 Å². The van der Waals surface area contributed by atoms with Gasteiger partial charge >= 0.3 is 6.09 Å². The van der Waals surface area contributed by atoms with E-state index >= 15 is 0 Å². The van der Waals surface area contributed by atoms with Gasteiger partial charge in [-0.25, -0.2) is 4.79 Å². The van der Waals surface area contributed by atoms with Crippen LogP contribution in [0.25, 0.3) is 0 Å². The van der Waals surface area contributed by atoms with Crippen LogP contribution in [-0.4, -0.2) is 47.9 Å². The van der Waals surface area contributed by atoms with Gasteiger partial charge in [0.05, 0.1) is 12.6 Å². The van der Waals surface area contributed by atoms with Crippen molar-refractivity contribution < 1.29 is 19.1 Å². The summed E-state index contributed by atoms with van der Waals surface area (Å²) in [6.45, 7) is 12.2. The Hall–Kier alpha value is -3.19. The maximum Gasteiger partial charge on any atom is 0.408 e. The van der Waals surface area contributed by atoms with Crippen LogP contribution >= 0.6 is 0 Å². The molecule has 0 aliphatic carbocycles. The molecule has 39 heavy (non-hydrogen) atoms. The van der Waals surface area contributed by atoms with Crippen LogP contribution in [0.2, 0.25) is 0 Å². The van der Waals surface area contributed by atoms with Crippen LogP contribution in [0.5, 0.6) is 0 Å². The van der Waals surface area contributed by atoms with Crippen LogP contribution in [0.3, 0.4) is 0 Å². The van der Waals surface area contributed by atoms with Crippen LogP contribution in [0.4, 0.5) is 4.79 Å². The summed E-state index contributed by atoms with van der Waals surface area (Å²) in [6, 6.07) is 14.5. The normalized spacial score (nSPS) is 15.3. The van der Waals surface area contributed by atoms with E-state index in [1.54, 1.807) is 0 Å². The molecular formula is C32H45N3O4. The highest BCUT2D eigenvalue weighted by atomic mass is 16.5. The number of fused-ring (bicyclic) bond motifs is 1. The van der Waals surface area contributed by atoms with Gasteiger partial charge in [0.2, 0.25) is 5.91 Å². The first-order valence-electron chi connectivity index (χ1n) is 14.2. The molecule has 2 aromatic rings. The summed E-state index contributed by atoms with van der Waals surface area (Å²) >= 11 is 0. The Labute approximate surface area is 233 Å². The number of nitrogens with one attached hydrogen (secondary N) is 2. The molecule has 0 radical (unpaired) electrons. The molecule has 2 N–H and O–H groups in total. The van der Waals surface area contributed by atoms with E-state index in [4.69, 9.17) is 4.74 Å². The molecule has 0 aromatic heterocycles. The van der Waals surface area contributed by atoms with Crippen LogP contribution in [0.15, 0.2) is 48.5 Å². The highest BCUT2D eigenvalue weighted by Gasteiger charge is 2.29. The summed E-state index contributed by atoms with van der Waals surface area (Å²) in [5.41, 5.74) is 4.75. The van der Waals surface area contributed by atoms with Crippen molar-refractivity contribution in [1.82, 2.24) is 15.5 Å². The van der Waals surface area contributed by atoms with Crippen molar-refractivity contribution in [3.05, 3.63) is 70.8 Å². The molecule has 0 spiro atoms. The van der Waals surface area contributed by atoms with Crippen molar-refractivity contribution in [1.29, 1.82) is 0 Å². The molecule has 212 valence electrons. The third-order valence-electron chi connectivity index (χ3n) is 7.00. The minimum absolute atomic E-state index is 0.00237. The Balaban J connectivity index is 1.63. The Kier molecular flexibility index (Phi) is 11.5. The van der Waals surface area contributed by atoms with E-state index in [9.17, 15) is 14.4 Å². The number of hydrogen-bond donors (Lipinski definition) is 2. The number of alkyl carbamates (subject to hydrolysis) is 1. The molecule has 0 fully saturated rings. The molecule has 3 rings (SSSR count). The molecule has 1 aliphatic heterocycles. The van der Waals surface area contributed by atoms with Crippen LogP contribution in [0, 0.1) is 18.8 Å². The highest BCUT2D eigenvalue weighted by molar-refractivity contribution is 5.93. The summed E-state index contributed by atoms with van der Waals surface area (Å²) in [6.07, 6.45) is 2.34. The number of ether oxygens (including phenoxy) is 1. The van der Waals surface area contributed by atoms with Gasteiger partial charge in [0.1, 0.15) is 12.6 Å². The minimum Gasteiger partial charge on any atom is -0.445 e. The summed E-state index contributed by atoms with van der Waals surface area (Å²) in [5, 5.41) is 5.71. The fourth-order valence-corrected chi connectivity index (χ4v) is 5.04. The monoisotopic (exact) mass is 535 g/mol. The average Bonchev–Trinajstić information content (AvgIpc) is 3.08. The van der Waals surface area contributed by atoms with E-state index in [1.165, 1.54) is 16.7 Å². The second kappa shape index (κ2) is 14.8. The molecule has 0 saturated carbocycles. The summed E-state index contributed by atoms with van der Waals surface area (Å²) in [7, 11) is 0. The van der Waals surface area contributed by atoms with Crippen molar-refractivity contribution in [2.75, 3.05) is 13.1 Å². The Morgan fingerprint density at radius 1 is 0.897 bits per heavy atom. The zero-order valence-electron chi connectivity index (χ0n) is 24.2. The number of hydrogen-bond acceptors (Lipinski definition) is 5. The first kappa shape index (κ1) is 30.4. The van der Waals surface area contributed by atoms with Crippen molar-refractivity contribution in [3.8, 4) is 0 Å². The number of Topliss-reactive ketones (excluding diaryl/α,β-unsaturated/α-hetero) is 1. The van der Waals surface area contributed by atoms with Crippen molar-refractivity contribution in [2.24, 2.45) is 11.8 Å². The van der Waals surface area contributed by atoms with Crippen LogP contribution in [-0.2, 0) is 33.9 Å². The SMILES string of the molecule is Cc1ccc2c(c1)CCCN(CC(=O)[C@H](CC(C)C)NC(=O)[C@H](CC(C)C)NC(=O)OCc1ccccc1)C2. The van der Waals surface area contributed by atoms with Crippen molar-refractivity contribution >= 4 is 17.8 Å². The molecule has 1 heterocycles. The van der Waals surface area contributed by atoms with Gasteiger partial charge < -0.3 is 15.4 Å². The molecule has 2 amide bonds. The van der Waals surface area contributed by atoms with E-state index in [0.717, 1.165) is 31.5 Å². The van der Waals surface area contributed by atoms with Crippen LogP contribution in [0.1, 0.15) is 69.2 Å². The smallest absolute Gasteiger partial charge is 0.408 e. The Bertz CT molecular complexity index is 1100. The average molecular weight is 536 g/mol. The second-order valence-electron chi connectivity index (χ2n) is 11.6. The van der Waals surface area contributed by atoms with E-state index in [0.29, 0.717) is 12.8 Å². The van der Waals surface area contributed by atoms with E-state index in [-0.39, 0.29) is 36.7 Å². The number of rotatable bonds is 12. The number of carbonyl (C=O) groups is 3. The molecule has 1 aliphatic rings. The van der Waals surface area contributed by atoms with Gasteiger partial charge in [-0.1, -0.05) is 81.8 Å². The number of carbonyl (C=O) groups excluding carboxylic acids is 3. The Morgan fingerprint density at radius 3 is 2.28 bits per heavy atom. The highest BCUT2D eigenvalue weighted by Crippen LogP contribution is 2.20. The molecule has 7 heteroatoms. The Morgan fingerprint density at radius 2 is 1.59 bits per heavy atom. The predicted octanol–water partition coefficient (Wildman–Crippen LogP) is 5.18. The zero-order valence-corrected chi connectivity index (χ0v) is 24.2. The van der Waals surface area contributed by atoms with Gasteiger partial charge in [0.15, 0.2) is 5.78 Å². The first-order valence-corrected chi connectivity index (χ1v) is 14.2. The maximum atomic E-state index is 13.5. The third-order valence-corrected chi connectivity index (χ3v) is 7.00. The fourth-order valence-electron chi connectivity index (χ4n) is 5.04. The van der Waals surface area contributed by atoms with Gasteiger partial charge in [-0.15, -0.1) is 0 Å². The molecule has 2 aromatic carbocycles. The minimum atomic E-state index is -0.788. The van der Waals surface area contributed by atoms with Gasteiger partial charge in [-0.2, -0.15) is 0 Å². The predicted molar refractivity (Wildman–Crippen MR) is 154 cm³/mol. The molecule has 7 nitrogen and oxygen atoms in total. The molecular weight excluding hydrogens is 490 g/mol. The van der Waals surface area contributed by atoms with E-state index < -0.39 is 18.2 Å². The molecule has 0 saturated heterocycles. The third kappa shape index (κ3) is 10.1. The van der Waals surface area contributed by atoms with E-state index in [2.05, 4.69) is 40.7 Å². The van der Waals surface area contributed by atoms with E-state index in [1.807, 2.05) is 58.0 Å². The summed E-state index contributed by atoms with van der Waals surface area (Å²) in [5.74, 6) is 0.0354. The lowest BCUT2D eigenvalue weighted by Crippen LogP contribution is -2.53. The molecule has 0 bridgehead atoms. The quantitative estimate of drug-likeness (QED) is 0.391. The fraction of sp³-hybridized carbons (Fsp3) is 0.531. The van der Waals surface area contributed by atoms with Gasteiger partial charge in [-0.05, 0) is 67.7 Å². The number of benzene rings is 2. The summed E-state index contributed by atoms with van der Waals surface area (Å²) < 4.78 is 5.35. The lowest BCUT2D eigenvalue weighted by molar-refractivity contribution is -0.130. The zero-order chi connectivity index (χ0) is 28.4. The van der Waals surface area contributed by atoms with Gasteiger partial charge in [-0.3, -0.25) is 14.5 Å². The number of aryl methyl sites for hydroxylation is 2. The first-order chi connectivity index (χ1) is 18.6.